The second kappa shape index (κ2) is 6.16. The standard InChI is InChI=1S/C21H22O3/c1-12(2)21(22)24-20-16-9-7-13(3)10-17(16)19(23-5)15-8-6-14(4)11-18(15)20/h6-7,9-10H,1,8,11H2,2-5H3. The van der Waals surface area contributed by atoms with Gasteiger partial charge in [-0.05, 0) is 39.7 Å². The Morgan fingerprint density at radius 2 is 1.88 bits per heavy atom. The smallest absolute Gasteiger partial charge is 0.338 e. The molecule has 0 N–H and O–H groups in total. The highest BCUT2D eigenvalue weighted by molar-refractivity contribution is 6.00. The molecule has 0 atom stereocenters. The van der Waals surface area contributed by atoms with Gasteiger partial charge in [-0.1, -0.05) is 35.9 Å². The number of allylic oxidation sites excluding steroid dienone is 2. The minimum absolute atomic E-state index is 0.392. The summed E-state index contributed by atoms with van der Waals surface area (Å²) >= 11 is 0. The van der Waals surface area contributed by atoms with Gasteiger partial charge in [0.05, 0.1) is 7.11 Å². The summed E-state index contributed by atoms with van der Waals surface area (Å²) in [6.45, 7) is 9.50. The van der Waals surface area contributed by atoms with Crippen LogP contribution in [0.5, 0.6) is 11.5 Å². The molecule has 0 spiro atoms. The Labute approximate surface area is 142 Å². The van der Waals surface area contributed by atoms with E-state index in [2.05, 4.69) is 25.6 Å². The summed E-state index contributed by atoms with van der Waals surface area (Å²) in [7, 11) is 1.70. The molecule has 1 aliphatic rings. The number of rotatable bonds is 3. The third-order valence-corrected chi connectivity index (χ3v) is 4.43. The maximum atomic E-state index is 12.2. The first-order valence-electron chi connectivity index (χ1n) is 8.07. The number of methoxy groups -OCH3 is 1. The van der Waals surface area contributed by atoms with Crippen molar-refractivity contribution in [2.24, 2.45) is 0 Å². The van der Waals surface area contributed by atoms with Crippen molar-refractivity contribution < 1.29 is 14.3 Å². The zero-order chi connectivity index (χ0) is 17.4. The highest BCUT2D eigenvalue weighted by Crippen LogP contribution is 2.44. The lowest BCUT2D eigenvalue weighted by molar-refractivity contribution is -0.130. The largest absolute Gasteiger partial charge is 0.496 e. The van der Waals surface area contributed by atoms with Crippen molar-refractivity contribution in [3.05, 3.63) is 58.7 Å². The number of fused-ring (bicyclic) bond motifs is 2. The molecule has 0 bridgehead atoms. The van der Waals surface area contributed by atoms with E-state index in [4.69, 9.17) is 9.47 Å². The van der Waals surface area contributed by atoms with Gasteiger partial charge < -0.3 is 9.47 Å². The summed E-state index contributed by atoms with van der Waals surface area (Å²) in [4.78, 5) is 12.2. The molecule has 24 heavy (non-hydrogen) atoms. The van der Waals surface area contributed by atoms with E-state index in [0.717, 1.165) is 46.1 Å². The van der Waals surface area contributed by atoms with Crippen molar-refractivity contribution >= 4 is 16.7 Å². The average Bonchev–Trinajstić information content (AvgIpc) is 2.54. The SMILES string of the molecule is C=C(C)C(=O)Oc1c2c(c(OC)c3cc(C)ccc13)CC=C(C)C2. The van der Waals surface area contributed by atoms with E-state index >= 15 is 0 Å². The third-order valence-electron chi connectivity index (χ3n) is 4.43. The Morgan fingerprint density at radius 3 is 2.54 bits per heavy atom. The molecule has 2 aromatic carbocycles. The topological polar surface area (TPSA) is 35.5 Å². The van der Waals surface area contributed by atoms with Gasteiger partial charge in [-0.3, -0.25) is 0 Å². The minimum Gasteiger partial charge on any atom is -0.496 e. The van der Waals surface area contributed by atoms with Gasteiger partial charge in [0, 0.05) is 27.5 Å². The van der Waals surface area contributed by atoms with E-state index in [0.29, 0.717) is 11.3 Å². The molecule has 0 saturated heterocycles. The number of carbonyl (C=O) groups is 1. The first-order valence-corrected chi connectivity index (χ1v) is 8.07. The van der Waals surface area contributed by atoms with Crippen LogP contribution in [0.4, 0.5) is 0 Å². The molecule has 0 amide bonds. The first kappa shape index (κ1) is 16.3. The van der Waals surface area contributed by atoms with Crippen LogP contribution < -0.4 is 9.47 Å². The van der Waals surface area contributed by atoms with Crippen LogP contribution in [0.25, 0.3) is 10.8 Å². The lowest BCUT2D eigenvalue weighted by Crippen LogP contribution is -2.14. The normalized spacial score (nSPS) is 13.2. The van der Waals surface area contributed by atoms with Gasteiger partial charge in [-0.15, -0.1) is 0 Å². The second-order valence-corrected chi connectivity index (χ2v) is 6.47. The van der Waals surface area contributed by atoms with Crippen molar-refractivity contribution in [3.63, 3.8) is 0 Å². The molecule has 3 nitrogen and oxygen atoms in total. The highest BCUT2D eigenvalue weighted by Gasteiger charge is 2.24. The van der Waals surface area contributed by atoms with Crippen LogP contribution in [0, 0.1) is 6.92 Å². The van der Waals surface area contributed by atoms with Crippen molar-refractivity contribution in [1.82, 2.24) is 0 Å². The van der Waals surface area contributed by atoms with Gasteiger partial charge in [-0.2, -0.15) is 0 Å². The van der Waals surface area contributed by atoms with Crippen molar-refractivity contribution in [3.8, 4) is 11.5 Å². The predicted molar refractivity (Wildman–Crippen MR) is 96.9 cm³/mol. The summed E-state index contributed by atoms with van der Waals surface area (Å²) in [5, 5.41) is 1.88. The molecule has 0 aromatic heterocycles. The van der Waals surface area contributed by atoms with E-state index < -0.39 is 5.97 Å². The number of benzene rings is 2. The van der Waals surface area contributed by atoms with Gasteiger partial charge in [0.1, 0.15) is 11.5 Å². The molecular weight excluding hydrogens is 300 g/mol. The zero-order valence-electron chi connectivity index (χ0n) is 14.7. The number of ether oxygens (including phenoxy) is 2. The van der Waals surface area contributed by atoms with Crippen LogP contribution in [0.1, 0.15) is 30.5 Å². The van der Waals surface area contributed by atoms with Gasteiger partial charge in [0.25, 0.3) is 0 Å². The van der Waals surface area contributed by atoms with Crippen molar-refractivity contribution in [2.45, 2.75) is 33.6 Å². The summed E-state index contributed by atoms with van der Waals surface area (Å²) in [6.07, 6.45) is 3.75. The summed E-state index contributed by atoms with van der Waals surface area (Å²) in [5.74, 6) is 1.13. The number of hydrogen-bond acceptors (Lipinski definition) is 3. The minimum atomic E-state index is -0.392. The fourth-order valence-corrected chi connectivity index (χ4v) is 3.20. The number of hydrogen-bond donors (Lipinski definition) is 0. The molecule has 0 fully saturated rings. The van der Waals surface area contributed by atoms with E-state index in [1.165, 1.54) is 5.57 Å². The van der Waals surface area contributed by atoms with Crippen molar-refractivity contribution in [1.29, 1.82) is 0 Å². The maximum absolute atomic E-state index is 12.2. The lowest BCUT2D eigenvalue weighted by atomic mass is 9.87. The Hall–Kier alpha value is -2.55. The lowest BCUT2D eigenvalue weighted by Gasteiger charge is -2.24. The fourth-order valence-electron chi connectivity index (χ4n) is 3.20. The van der Waals surface area contributed by atoms with Crippen molar-refractivity contribution in [2.75, 3.05) is 7.11 Å². The van der Waals surface area contributed by atoms with Gasteiger partial charge >= 0.3 is 5.97 Å². The molecule has 3 rings (SSSR count). The molecule has 0 radical (unpaired) electrons. The van der Waals surface area contributed by atoms with E-state index in [9.17, 15) is 4.79 Å². The number of aryl methyl sites for hydroxylation is 1. The number of carbonyl (C=O) groups excluding carboxylic acids is 1. The Bertz CT molecular complexity index is 888. The van der Waals surface area contributed by atoms with Gasteiger partial charge in [0.2, 0.25) is 0 Å². The van der Waals surface area contributed by atoms with E-state index in [1.807, 2.05) is 19.1 Å². The van der Waals surface area contributed by atoms with E-state index in [1.54, 1.807) is 14.0 Å². The van der Waals surface area contributed by atoms with Crippen LogP contribution in [0.15, 0.2) is 42.0 Å². The monoisotopic (exact) mass is 322 g/mol. The molecule has 0 aliphatic heterocycles. The fraction of sp³-hybridized carbons (Fsp3) is 0.286. The van der Waals surface area contributed by atoms with Crippen LogP contribution in [0.2, 0.25) is 0 Å². The summed E-state index contributed by atoms with van der Waals surface area (Å²) in [5.41, 5.74) is 4.94. The zero-order valence-corrected chi connectivity index (χ0v) is 14.7. The third kappa shape index (κ3) is 2.71. The van der Waals surface area contributed by atoms with E-state index in [-0.39, 0.29) is 0 Å². The molecule has 3 heteroatoms. The molecule has 124 valence electrons. The van der Waals surface area contributed by atoms with Crippen LogP contribution in [-0.2, 0) is 17.6 Å². The highest BCUT2D eigenvalue weighted by atomic mass is 16.5. The van der Waals surface area contributed by atoms with Crippen LogP contribution in [-0.4, -0.2) is 13.1 Å². The van der Waals surface area contributed by atoms with Crippen LogP contribution in [0.3, 0.4) is 0 Å². The average molecular weight is 322 g/mol. The first-order chi connectivity index (χ1) is 11.4. The van der Waals surface area contributed by atoms with Gasteiger partial charge in [-0.25, -0.2) is 4.79 Å². The molecule has 2 aromatic rings. The molecule has 0 heterocycles. The molecule has 1 aliphatic carbocycles. The predicted octanol–water partition coefficient (Wildman–Crippen LogP) is 4.68. The second-order valence-electron chi connectivity index (χ2n) is 6.47. The molecule has 0 unspecified atom stereocenters. The number of esters is 1. The van der Waals surface area contributed by atoms with Crippen LogP contribution >= 0.6 is 0 Å². The Kier molecular flexibility index (Phi) is 4.18. The van der Waals surface area contributed by atoms with Gasteiger partial charge in [0.15, 0.2) is 0 Å². The molecule has 0 saturated carbocycles. The maximum Gasteiger partial charge on any atom is 0.338 e. The molecular formula is C21H22O3. The summed E-state index contributed by atoms with van der Waals surface area (Å²) in [6, 6.07) is 6.11. The summed E-state index contributed by atoms with van der Waals surface area (Å²) < 4.78 is 11.5. The Morgan fingerprint density at radius 1 is 1.12 bits per heavy atom. The quantitative estimate of drug-likeness (QED) is 0.356. The Balaban J connectivity index is 2.34.